The Morgan fingerprint density at radius 3 is 2.45 bits per heavy atom. The van der Waals surface area contributed by atoms with Crippen molar-refractivity contribution < 1.29 is 4.79 Å². The van der Waals surface area contributed by atoms with Gasteiger partial charge in [0.1, 0.15) is 0 Å². The normalized spacial score (nSPS) is 12.8. The van der Waals surface area contributed by atoms with Crippen LogP contribution in [0, 0.1) is 0 Å². The van der Waals surface area contributed by atoms with Crippen LogP contribution in [0.2, 0.25) is 0 Å². The highest BCUT2D eigenvalue weighted by Crippen LogP contribution is 1.83. The number of carbonyl (C=O) groups is 1. The molecule has 0 radical (unpaired) electrons. The van der Waals surface area contributed by atoms with Crippen molar-refractivity contribution in [3.05, 3.63) is 0 Å². The predicted molar refractivity (Wildman–Crippen MR) is 45.6 cm³/mol. The average molecular weight is 159 g/mol. The minimum absolute atomic E-state index is 0.126. The van der Waals surface area contributed by atoms with Crippen molar-refractivity contribution in [2.75, 3.05) is 27.7 Å². The van der Waals surface area contributed by atoms with Gasteiger partial charge in [0, 0.05) is 19.6 Å². The molecule has 0 heterocycles. The van der Waals surface area contributed by atoms with E-state index < -0.39 is 0 Å². The van der Waals surface area contributed by atoms with Crippen molar-refractivity contribution in [1.29, 1.82) is 0 Å². The Balaban J connectivity index is 3.51. The molecule has 0 saturated carbocycles. The monoisotopic (exact) mass is 159 g/mol. The molecule has 0 fully saturated rings. The highest BCUT2D eigenvalue weighted by atomic mass is 16.2. The first-order valence-corrected chi connectivity index (χ1v) is 3.69. The highest BCUT2D eigenvalue weighted by molar-refractivity contribution is 5.73. The van der Waals surface area contributed by atoms with Crippen molar-refractivity contribution in [2.45, 2.75) is 13.0 Å². The van der Waals surface area contributed by atoms with Crippen LogP contribution in [-0.2, 0) is 0 Å². The van der Waals surface area contributed by atoms with Gasteiger partial charge in [-0.3, -0.25) is 0 Å². The summed E-state index contributed by atoms with van der Waals surface area (Å²) >= 11 is 0. The number of carbonyl (C=O) groups excluding carboxylic acids is 1. The van der Waals surface area contributed by atoms with Gasteiger partial charge in [0.05, 0.1) is 0 Å². The van der Waals surface area contributed by atoms with Crippen LogP contribution in [0.1, 0.15) is 6.92 Å². The number of hydrogen-bond acceptors (Lipinski definition) is 2. The van der Waals surface area contributed by atoms with Crippen molar-refractivity contribution >= 4 is 6.03 Å². The van der Waals surface area contributed by atoms with E-state index in [0.29, 0.717) is 0 Å². The molecule has 0 aliphatic heterocycles. The summed E-state index contributed by atoms with van der Waals surface area (Å²) in [6.45, 7) is 2.82. The first-order valence-electron chi connectivity index (χ1n) is 3.69. The van der Waals surface area contributed by atoms with E-state index in [4.69, 9.17) is 0 Å². The first kappa shape index (κ1) is 10.2. The summed E-state index contributed by atoms with van der Waals surface area (Å²) in [5.74, 6) is 0. The Labute approximate surface area is 67.9 Å². The largest absolute Gasteiger partial charge is 0.341 e. The molecule has 0 spiro atoms. The molecule has 0 aromatic heterocycles. The lowest BCUT2D eigenvalue weighted by Gasteiger charge is -2.17. The molecule has 0 bridgehead atoms. The van der Waals surface area contributed by atoms with Crippen LogP contribution in [0.4, 0.5) is 4.79 Å². The van der Waals surface area contributed by atoms with Gasteiger partial charge in [-0.15, -0.1) is 0 Å². The minimum Gasteiger partial charge on any atom is -0.341 e. The Morgan fingerprint density at radius 1 is 1.55 bits per heavy atom. The lowest BCUT2D eigenvalue weighted by molar-refractivity contribution is 0.236. The molecule has 2 amide bonds. The molecule has 66 valence electrons. The van der Waals surface area contributed by atoms with Crippen LogP contribution in [0.25, 0.3) is 0 Å². The van der Waals surface area contributed by atoms with E-state index in [1.165, 1.54) is 0 Å². The van der Waals surface area contributed by atoms with E-state index in [1.807, 2.05) is 25.9 Å². The second kappa shape index (κ2) is 4.96. The third-order valence-corrected chi connectivity index (χ3v) is 1.24. The molecule has 0 saturated heterocycles. The smallest absolute Gasteiger partial charge is 0.314 e. The summed E-state index contributed by atoms with van der Waals surface area (Å²) in [5.41, 5.74) is 0. The van der Waals surface area contributed by atoms with Crippen LogP contribution in [0.5, 0.6) is 0 Å². The summed E-state index contributed by atoms with van der Waals surface area (Å²) in [5, 5.41) is 5.27. The van der Waals surface area contributed by atoms with Gasteiger partial charge in [-0.05, 0) is 21.0 Å². The number of amides is 2. The van der Waals surface area contributed by atoms with Gasteiger partial charge in [0.15, 0.2) is 0 Å². The van der Waals surface area contributed by atoms with Crippen molar-refractivity contribution in [2.24, 2.45) is 0 Å². The zero-order chi connectivity index (χ0) is 8.85. The highest BCUT2D eigenvalue weighted by Gasteiger charge is 2.04. The van der Waals surface area contributed by atoms with Gasteiger partial charge >= 0.3 is 6.03 Å². The topological polar surface area (TPSA) is 44.4 Å². The zero-order valence-electron chi connectivity index (χ0n) is 7.64. The molecular formula is C7H17N3O. The van der Waals surface area contributed by atoms with Crippen LogP contribution in [0.3, 0.4) is 0 Å². The Morgan fingerprint density at radius 2 is 2.09 bits per heavy atom. The third-order valence-electron chi connectivity index (χ3n) is 1.24. The van der Waals surface area contributed by atoms with Crippen LogP contribution in [-0.4, -0.2) is 44.7 Å². The molecule has 2 N–H and O–H groups in total. The summed E-state index contributed by atoms with van der Waals surface area (Å²) in [6.07, 6.45) is 0. The third kappa shape index (κ3) is 5.66. The molecule has 0 aliphatic carbocycles. The summed E-state index contributed by atoms with van der Waals surface area (Å²) in [4.78, 5) is 12.8. The molecule has 4 nitrogen and oxygen atoms in total. The lowest BCUT2D eigenvalue weighted by atomic mass is 10.3. The second-order valence-corrected chi connectivity index (χ2v) is 2.89. The second-order valence-electron chi connectivity index (χ2n) is 2.89. The van der Waals surface area contributed by atoms with Crippen molar-refractivity contribution in [1.82, 2.24) is 15.5 Å². The van der Waals surface area contributed by atoms with E-state index in [-0.39, 0.29) is 12.1 Å². The predicted octanol–water partition coefficient (Wildman–Crippen LogP) is -0.134. The van der Waals surface area contributed by atoms with Crippen molar-refractivity contribution in [3.8, 4) is 0 Å². The summed E-state index contributed by atoms with van der Waals surface area (Å²) in [7, 11) is 5.56. The molecule has 4 heteroatoms. The van der Waals surface area contributed by atoms with Gasteiger partial charge < -0.3 is 15.5 Å². The summed E-state index contributed by atoms with van der Waals surface area (Å²) < 4.78 is 0. The molecule has 0 aromatic carbocycles. The van der Waals surface area contributed by atoms with E-state index in [2.05, 4.69) is 10.6 Å². The van der Waals surface area contributed by atoms with Crippen LogP contribution < -0.4 is 10.6 Å². The van der Waals surface area contributed by atoms with Crippen molar-refractivity contribution in [3.63, 3.8) is 0 Å². The van der Waals surface area contributed by atoms with Crippen LogP contribution >= 0.6 is 0 Å². The maximum atomic E-state index is 10.8. The molecule has 0 aromatic rings. The van der Waals surface area contributed by atoms with Gasteiger partial charge in [-0.25, -0.2) is 4.79 Å². The fourth-order valence-corrected chi connectivity index (χ4v) is 0.889. The molecule has 11 heavy (non-hydrogen) atoms. The molecule has 0 rings (SSSR count). The van der Waals surface area contributed by atoms with E-state index in [1.54, 1.807) is 7.05 Å². The maximum Gasteiger partial charge on any atom is 0.314 e. The fourth-order valence-electron chi connectivity index (χ4n) is 0.889. The number of likely N-dealkylation sites (N-methyl/N-ethyl adjacent to an activating group) is 1. The first-order chi connectivity index (χ1) is 5.06. The lowest BCUT2D eigenvalue weighted by Crippen LogP contribution is -2.43. The van der Waals surface area contributed by atoms with Gasteiger partial charge in [-0.1, -0.05) is 0 Å². The molecular weight excluding hydrogens is 142 g/mol. The number of nitrogens with zero attached hydrogens (tertiary/aromatic N) is 1. The van der Waals surface area contributed by atoms with E-state index in [9.17, 15) is 4.79 Å². The number of nitrogens with one attached hydrogen (secondary N) is 2. The number of hydrogen-bond donors (Lipinski definition) is 2. The average Bonchev–Trinajstić information content (AvgIpc) is 1.85. The molecule has 1 unspecified atom stereocenters. The standard InChI is InChI=1S/C7H17N3O/c1-6(5-10(3)4)9-7(11)8-2/h6H,5H2,1-4H3,(H2,8,9,11). The van der Waals surface area contributed by atoms with Crippen LogP contribution in [0.15, 0.2) is 0 Å². The SMILES string of the molecule is CNC(=O)NC(C)CN(C)C. The number of rotatable bonds is 3. The Kier molecular flexibility index (Phi) is 4.61. The Hall–Kier alpha value is -0.770. The molecule has 0 aliphatic rings. The zero-order valence-corrected chi connectivity index (χ0v) is 7.64. The summed E-state index contributed by atoms with van der Waals surface area (Å²) in [6, 6.07) is 0.0595. The maximum absolute atomic E-state index is 10.8. The number of urea groups is 1. The van der Waals surface area contributed by atoms with Gasteiger partial charge in [-0.2, -0.15) is 0 Å². The fraction of sp³-hybridized carbons (Fsp3) is 0.857. The van der Waals surface area contributed by atoms with E-state index in [0.717, 1.165) is 6.54 Å². The molecule has 1 atom stereocenters. The quantitative estimate of drug-likeness (QED) is 0.602. The minimum atomic E-state index is -0.126. The van der Waals surface area contributed by atoms with Gasteiger partial charge in [0.2, 0.25) is 0 Å². The Bertz CT molecular complexity index is 125. The van der Waals surface area contributed by atoms with Gasteiger partial charge in [0.25, 0.3) is 0 Å². The van der Waals surface area contributed by atoms with E-state index >= 15 is 0 Å².